The Morgan fingerprint density at radius 3 is 2.43 bits per heavy atom. The summed E-state index contributed by atoms with van der Waals surface area (Å²) in [4.78, 5) is 0. The third-order valence-electron chi connectivity index (χ3n) is 3.58. The predicted molar refractivity (Wildman–Crippen MR) is 84.5 cm³/mol. The van der Waals surface area contributed by atoms with Crippen LogP contribution < -0.4 is 20.7 Å². The van der Waals surface area contributed by atoms with Gasteiger partial charge in [-0.15, -0.1) is 0 Å². The molecule has 0 aliphatic heterocycles. The normalized spacial score (nSPS) is 12.0. The standard InChI is InChI=1S/C17H22N2O2/c1-12-8-9-16(20-2)13(10-12)11-15(19-18)14-6-4-5-7-17(14)21-3/h4-10,15,19H,11,18H2,1-3H3. The van der Waals surface area contributed by atoms with Gasteiger partial charge in [0.2, 0.25) is 0 Å². The zero-order chi connectivity index (χ0) is 15.2. The Morgan fingerprint density at radius 2 is 1.76 bits per heavy atom. The molecule has 0 aliphatic rings. The van der Waals surface area contributed by atoms with Crippen molar-refractivity contribution in [2.75, 3.05) is 14.2 Å². The summed E-state index contributed by atoms with van der Waals surface area (Å²) in [6, 6.07) is 14.0. The number of rotatable bonds is 6. The minimum Gasteiger partial charge on any atom is -0.496 e. The van der Waals surface area contributed by atoms with Crippen molar-refractivity contribution in [3.8, 4) is 11.5 Å². The molecule has 0 bridgehead atoms. The lowest BCUT2D eigenvalue weighted by Crippen LogP contribution is -2.30. The second-order valence-corrected chi connectivity index (χ2v) is 4.98. The minimum absolute atomic E-state index is 0.0446. The van der Waals surface area contributed by atoms with E-state index in [1.807, 2.05) is 36.4 Å². The Labute approximate surface area is 125 Å². The SMILES string of the molecule is COc1ccc(C)cc1CC(NN)c1ccccc1OC. The maximum Gasteiger partial charge on any atom is 0.123 e. The fourth-order valence-corrected chi connectivity index (χ4v) is 2.50. The van der Waals surface area contributed by atoms with Crippen LogP contribution in [0.4, 0.5) is 0 Å². The Balaban J connectivity index is 2.33. The zero-order valence-corrected chi connectivity index (χ0v) is 12.7. The first-order valence-corrected chi connectivity index (χ1v) is 6.92. The van der Waals surface area contributed by atoms with Gasteiger partial charge in [0, 0.05) is 5.56 Å². The Bertz CT molecular complexity index is 599. The summed E-state index contributed by atoms with van der Waals surface area (Å²) in [5.41, 5.74) is 6.22. The molecular formula is C17H22N2O2. The van der Waals surface area contributed by atoms with E-state index < -0.39 is 0 Å². The lowest BCUT2D eigenvalue weighted by molar-refractivity contribution is 0.393. The Kier molecular flexibility index (Phi) is 5.20. The molecule has 0 radical (unpaired) electrons. The summed E-state index contributed by atoms with van der Waals surface area (Å²) in [5.74, 6) is 7.46. The van der Waals surface area contributed by atoms with Gasteiger partial charge in [-0.3, -0.25) is 11.3 Å². The number of hydrazine groups is 1. The molecule has 2 rings (SSSR count). The molecule has 2 aromatic rings. The van der Waals surface area contributed by atoms with Crippen molar-refractivity contribution in [3.63, 3.8) is 0 Å². The molecular weight excluding hydrogens is 264 g/mol. The van der Waals surface area contributed by atoms with Gasteiger partial charge in [-0.2, -0.15) is 0 Å². The smallest absolute Gasteiger partial charge is 0.123 e. The predicted octanol–water partition coefficient (Wildman–Crippen LogP) is 2.76. The van der Waals surface area contributed by atoms with Crippen molar-refractivity contribution in [3.05, 3.63) is 59.2 Å². The minimum atomic E-state index is -0.0446. The van der Waals surface area contributed by atoms with Gasteiger partial charge in [-0.1, -0.05) is 35.9 Å². The maximum absolute atomic E-state index is 5.76. The number of para-hydroxylation sites is 1. The van der Waals surface area contributed by atoms with Crippen molar-refractivity contribution < 1.29 is 9.47 Å². The molecule has 4 heteroatoms. The summed E-state index contributed by atoms with van der Waals surface area (Å²) in [6.07, 6.45) is 0.724. The van der Waals surface area contributed by atoms with Gasteiger partial charge in [-0.25, -0.2) is 0 Å². The number of ether oxygens (including phenoxy) is 2. The molecule has 0 saturated heterocycles. The molecule has 3 N–H and O–H groups in total. The highest BCUT2D eigenvalue weighted by atomic mass is 16.5. The summed E-state index contributed by atoms with van der Waals surface area (Å²) < 4.78 is 10.9. The van der Waals surface area contributed by atoms with Crippen LogP contribution in [-0.2, 0) is 6.42 Å². The summed E-state index contributed by atoms with van der Waals surface area (Å²) in [6.45, 7) is 2.07. The van der Waals surface area contributed by atoms with Gasteiger partial charge in [0.25, 0.3) is 0 Å². The van der Waals surface area contributed by atoms with E-state index >= 15 is 0 Å². The lowest BCUT2D eigenvalue weighted by Gasteiger charge is -2.20. The molecule has 21 heavy (non-hydrogen) atoms. The first-order chi connectivity index (χ1) is 10.2. The molecule has 0 aromatic heterocycles. The summed E-state index contributed by atoms with van der Waals surface area (Å²) in [7, 11) is 3.35. The molecule has 0 amide bonds. The number of nitrogens with two attached hydrogens (primary N) is 1. The van der Waals surface area contributed by atoms with Crippen LogP contribution in [-0.4, -0.2) is 14.2 Å². The highest BCUT2D eigenvalue weighted by molar-refractivity contribution is 5.41. The fraction of sp³-hybridized carbons (Fsp3) is 0.294. The highest BCUT2D eigenvalue weighted by Gasteiger charge is 2.17. The van der Waals surface area contributed by atoms with Gasteiger partial charge in [-0.05, 0) is 31.0 Å². The lowest BCUT2D eigenvalue weighted by atomic mass is 9.97. The summed E-state index contributed by atoms with van der Waals surface area (Å²) in [5, 5.41) is 0. The second kappa shape index (κ2) is 7.11. The number of aryl methyl sites for hydroxylation is 1. The fourth-order valence-electron chi connectivity index (χ4n) is 2.50. The number of nitrogens with one attached hydrogen (secondary N) is 1. The van der Waals surface area contributed by atoms with E-state index in [1.54, 1.807) is 14.2 Å². The Morgan fingerprint density at radius 1 is 1.05 bits per heavy atom. The number of benzene rings is 2. The van der Waals surface area contributed by atoms with E-state index in [4.69, 9.17) is 15.3 Å². The van der Waals surface area contributed by atoms with Crippen molar-refractivity contribution in [1.29, 1.82) is 0 Å². The molecule has 112 valence electrons. The van der Waals surface area contributed by atoms with Crippen LogP contribution in [0.5, 0.6) is 11.5 Å². The van der Waals surface area contributed by atoms with Crippen LogP contribution in [0.15, 0.2) is 42.5 Å². The number of methoxy groups -OCH3 is 2. The van der Waals surface area contributed by atoms with Crippen molar-refractivity contribution in [1.82, 2.24) is 5.43 Å². The molecule has 0 fully saturated rings. The largest absolute Gasteiger partial charge is 0.496 e. The summed E-state index contributed by atoms with van der Waals surface area (Å²) >= 11 is 0. The third-order valence-corrected chi connectivity index (χ3v) is 3.58. The molecule has 2 aromatic carbocycles. The van der Waals surface area contributed by atoms with E-state index in [-0.39, 0.29) is 6.04 Å². The van der Waals surface area contributed by atoms with Crippen LogP contribution in [0.2, 0.25) is 0 Å². The van der Waals surface area contributed by atoms with E-state index in [2.05, 4.69) is 18.4 Å². The molecule has 1 unspecified atom stereocenters. The van der Waals surface area contributed by atoms with E-state index in [0.29, 0.717) is 0 Å². The molecule has 1 atom stereocenters. The quantitative estimate of drug-likeness (QED) is 0.633. The monoisotopic (exact) mass is 286 g/mol. The van der Waals surface area contributed by atoms with Gasteiger partial charge < -0.3 is 9.47 Å². The van der Waals surface area contributed by atoms with E-state index in [9.17, 15) is 0 Å². The average Bonchev–Trinajstić information content (AvgIpc) is 2.52. The topological polar surface area (TPSA) is 56.5 Å². The average molecular weight is 286 g/mol. The van der Waals surface area contributed by atoms with Crippen molar-refractivity contribution in [2.45, 2.75) is 19.4 Å². The van der Waals surface area contributed by atoms with Crippen molar-refractivity contribution in [2.24, 2.45) is 5.84 Å². The van der Waals surface area contributed by atoms with Crippen LogP contribution in [0.1, 0.15) is 22.7 Å². The van der Waals surface area contributed by atoms with Gasteiger partial charge in [0.15, 0.2) is 0 Å². The van der Waals surface area contributed by atoms with Gasteiger partial charge in [0.1, 0.15) is 11.5 Å². The molecule has 0 aliphatic carbocycles. The molecule has 0 heterocycles. The molecule has 0 spiro atoms. The van der Waals surface area contributed by atoms with Crippen molar-refractivity contribution >= 4 is 0 Å². The van der Waals surface area contributed by atoms with E-state index in [0.717, 1.165) is 29.0 Å². The highest BCUT2D eigenvalue weighted by Crippen LogP contribution is 2.30. The van der Waals surface area contributed by atoms with Crippen LogP contribution in [0.25, 0.3) is 0 Å². The maximum atomic E-state index is 5.76. The second-order valence-electron chi connectivity index (χ2n) is 4.98. The third kappa shape index (κ3) is 3.54. The molecule has 0 saturated carbocycles. The first kappa shape index (κ1) is 15.4. The van der Waals surface area contributed by atoms with Gasteiger partial charge in [0.05, 0.1) is 20.3 Å². The number of hydrogen-bond donors (Lipinski definition) is 2. The van der Waals surface area contributed by atoms with E-state index in [1.165, 1.54) is 5.56 Å². The van der Waals surface area contributed by atoms with Gasteiger partial charge >= 0.3 is 0 Å². The first-order valence-electron chi connectivity index (χ1n) is 6.92. The number of hydrogen-bond acceptors (Lipinski definition) is 4. The van der Waals surface area contributed by atoms with Crippen LogP contribution >= 0.6 is 0 Å². The molecule has 4 nitrogen and oxygen atoms in total. The van der Waals surface area contributed by atoms with Crippen LogP contribution in [0.3, 0.4) is 0 Å². The zero-order valence-electron chi connectivity index (χ0n) is 12.7. The van der Waals surface area contributed by atoms with Crippen LogP contribution in [0, 0.1) is 6.92 Å². The Hall–Kier alpha value is -2.04.